The van der Waals surface area contributed by atoms with Gasteiger partial charge in [-0.2, -0.15) is 9.78 Å². The second-order valence-electron chi connectivity index (χ2n) is 5.06. The fourth-order valence-corrected chi connectivity index (χ4v) is 2.51. The third-order valence-corrected chi connectivity index (χ3v) is 3.79. The lowest BCUT2D eigenvalue weighted by Gasteiger charge is -2.06. The summed E-state index contributed by atoms with van der Waals surface area (Å²) in [6.07, 6.45) is 1.73. The number of H-pyrrole nitrogens is 1. The molecule has 0 unspecified atom stereocenters. The molecule has 110 valence electrons. The minimum absolute atomic E-state index is 0.0916. The first-order chi connectivity index (χ1) is 10.7. The molecule has 0 radical (unpaired) electrons. The smallest absolute Gasteiger partial charge is 0.282 e. The van der Waals surface area contributed by atoms with Gasteiger partial charge in [0.05, 0.1) is 10.9 Å². The van der Waals surface area contributed by atoms with Gasteiger partial charge in [0.15, 0.2) is 0 Å². The van der Waals surface area contributed by atoms with Gasteiger partial charge in [0.1, 0.15) is 0 Å². The number of hydrogen-bond acceptors (Lipinski definition) is 3. The summed E-state index contributed by atoms with van der Waals surface area (Å²) in [5.74, 6) is 0.0916. The molecule has 22 heavy (non-hydrogen) atoms. The Kier molecular flexibility index (Phi) is 3.98. The molecule has 0 aliphatic carbocycles. The molecular weight excluding hydrogens is 294 g/mol. The van der Waals surface area contributed by atoms with Gasteiger partial charge in [-0.25, -0.2) is 0 Å². The van der Waals surface area contributed by atoms with E-state index in [1.165, 1.54) is 4.68 Å². The van der Waals surface area contributed by atoms with E-state index in [4.69, 9.17) is 12.2 Å². The van der Waals surface area contributed by atoms with Crippen LogP contribution in [0, 0.1) is 4.77 Å². The molecule has 1 heterocycles. The molecule has 0 spiro atoms. The van der Waals surface area contributed by atoms with Gasteiger partial charge in [0.25, 0.3) is 5.56 Å². The summed E-state index contributed by atoms with van der Waals surface area (Å²) in [5, 5.41) is 4.85. The topological polar surface area (TPSA) is 50.1 Å². The van der Waals surface area contributed by atoms with Gasteiger partial charge in [-0.05, 0) is 29.9 Å². The second kappa shape index (κ2) is 6.07. The van der Waals surface area contributed by atoms with Crippen molar-refractivity contribution in [1.82, 2.24) is 9.66 Å². The van der Waals surface area contributed by atoms with Crippen LogP contribution < -0.4 is 5.56 Å². The summed E-state index contributed by atoms with van der Waals surface area (Å²) in [6, 6.07) is 17.3. The average molecular weight is 309 g/mol. The normalized spacial score (nSPS) is 12.8. The van der Waals surface area contributed by atoms with E-state index in [2.05, 4.69) is 10.1 Å². The third-order valence-electron chi connectivity index (χ3n) is 3.51. The summed E-state index contributed by atoms with van der Waals surface area (Å²) in [6.45, 7) is 2.03. The summed E-state index contributed by atoms with van der Waals surface area (Å²) in [7, 11) is 0. The van der Waals surface area contributed by atoms with Crippen molar-refractivity contribution in [2.45, 2.75) is 12.8 Å². The van der Waals surface area contributed by atoms with Crippen molar-refractivity contribution in [3.05, 3.63) is 75.3 Å². The first-order valence-electron chi connectivity index (χ1n) is 7.00. The van der Waals surface area contributed by atoms with Crippen molar-refractivity contribution in [3.8, 4) is 0 Å². The lowest BCUT2D eigenvalue weighted by molar-refractivity contribution is 0.790. The van der Waals surface area contributed by atoms with Crippen molar-refractivity contribution in [2.24, 2.45) is 5.10 Å². The van der Waals surface area contributed by atoms with E-state index in [0.29, 0.717) is 10.2 Å². The standard InChI is InChI=1S/C17H15N3OS/c1-12(13-7-3-2-4-8-13)11-18-20-16(21)14-9-5-6-10-15(14)19-17(20)22/h2-12H,1H3,(H,19,22)/b18-11-/t12-/m1/s1. The first-order valence-corrected chi connectivity index (χ1v) is 7.41. The maximum atomic E-state index is 12.5. The number of rotatable bonds is 3. The number of aromatic amines is 1. The predicted octanol–water partition coefficient (Wildman–Crippen LogP) is 3.70. The summed E-state index contributed by atoms with van der Waals surface area (Å²) < 4.78 is 1.53. The molecule has 5 heteroatoms. The Bertz CT molecular complexity index is 941. The second-order valence-corrected chi connectivity index (χ2v) is 5.44. The lowest BCUT2D eigenvalue weighted by Crippen LogP contribution is -2.19. The lowest BCUT2D eigenvalue weighted by atomic mass is 10.0. The van der Waals surface area contributed by atoms with Crippen molar-refractivity contribution in [3.63, 3.8) is 0 Å². The molecule has 0 aliphatic heterocycles. The van der Waals surface area contributed by atoms with E-state index < -0.39 is 0 Å². The fraction of sp³-hybridized carbons (Fsp3) is 0.118. The zero-order valence-corrected chi connectivity index (χ0v) is 12.9. The van der Waals surface area contributed by atoms with Crippen LogP contribution >= 0.6 is 12.2 Å². The van der Waals surface area contributed by atoms with Crippen LogP contribution in [0.2, 0.25) is 0 Å². The molecule has 3 aromatic rings. The van der Waals surface area contributed by atoms with Gasteiger partial charge in [0.2, 0.25) is 4.77 Å². The minimum Gasteiger partial charge on any atom is -0.330 e. The summed E-state index contributed by atoms with van der Waals surface area (Å²) in [5.41, 5.74) is 1.64. The van der Waals surface area contributed by atoms with Crippen LogP contribution in [0.15, 0.2) is 64.5 Å². The van der Waals surface area contributed by atoms with Gasteiger partial charge in [-0.3, -0.25) is 4.79 Å². The molecule has 0 bridgehead atoms. The van der Waals surface area contributed by atoms with Crippen LogP contribution in [-0.2, 0) is 0 Å². The number of fused-ring (bicyclic) bond motifs is 1. The summed E-state index contributed by atoms with van der Waals surface area (Å²) in [4.78, 5) is 15.5. The number of aromatic nitrogens is 2. The van der Waals surface area contributed by atoms with Crippen molar-refractivity contribution in [2.75, 3.05) is 0 Å². The van der Waals surface area contributed by atoms with E-state index in [-0.39, 0.29) is 11.5 Å². The van der Waals surface area contributed by atoms with Crippen LogP contribution in [0.1, 0.15) is 18.4 Å². The van der Waals surface area contributed by atoms with Crippen LogP contribution in [0.5, 0.6) is 0 Å². The SMILES string of the molecule is C[C@H](/C=N\n1c(=S)[nH]c2ccccc2c1=O)c1ccccc1. The Morgan fingerprint density at radius 3 is 2.59 bits per heavy atom. The third kappa shape index (κ3) is 2.76. The van der Waals surface area contributed by atoms with Gasteiger partial charge in [-0.15, -0.1) is 0 Å². The molecule has 0 amide bonds. The first kappa shape index (κ1) is 14.4. The maximum absolute atomic E-state index is 12.5. The van der Waals surface area contributed by atoms with Gasteiger partial charge in [-0.1, -0.05) is 49.4 Å². The molecule has 3 rings (SSSR count). The minimum atomic E-state index is -0.212. The molecule has 4 nitrogen and oxygen atoms in total. The number of nitrogens with zero attached hydrogens (tertiary/aromatic N) is 2. The van der Waals surface area contributed by atoms with E-state index in [9.17, 15) is 4.79 Å². The maximum Gasteiger partial charge on any atom is 0.282 e. The Morgan fingerprint density at radius 2 is 1.82 bits per heavy atom. The van der Waals surface area contributed by atoms with Crippen LogP contribution in [0.4, 0.5) is 0 Å². The van der Waals surface area contributed by atoms with E-state index >= 15 is 0 Å². The highest BCUT2D eigenvalue weighted by atomic mass is 32.1. The highest BCUT2D eigenvalue weighted by molar-refractivity contribution is 7.71. The quantitative estimate of drug-likeness (QED) is 0.592. The summed E-state index contributed by atoms with van der Waals surface area (Å²) >= 11 is 5.23. The Hall–Kier alpha value is -2.53. The van der Waals surface area contributed by atoms with Crippen LogP contribution in [0.25, 0.3) is 10.9 Å². The molecule has 1 aromatic heterocycles. The number of para-hydroxylation sites is 1. The highest BCUT2D eigenvalue weighted by Gasteiger charge is 2.05. The highest BCUT2D eigenvalue weighted by Crippen LogP contribution is 2.12. The predicted molar refractivity (Wildman–Crippen MR) is 92.1 cm³/mol. The van der Waals surface area contributed by atoms with Gasteiger partial charge < -0.3 is 4.98 Å². The van der Waals surface area contributed by atoms with Crippen LogP contribution in [0.3, 0.4) is 0 Å². The molecule has 2 aromatic carbocycles. The molecular formula is C17H15N3OS. The van der Waals surface area contributed by atoms with Crippen molar-refractivity contribution in [1.29, 1.82) is 0 Å². The largest absolute Gasteiger partial charge is 0.330 e. The van der Waals surface area contributed by atoms with E-state index in [0.717, 1.165) is 11.1 Å². The molecule has 0 aliphatic rings. The van der Waals surface area contributed by atoms with Gasteiger partial charge in [0, 0.05) is 12.1 Å². The zero-order valence-electron chi connectivity index (χ0n) is 12.1. The Balaban J connectivity index is 2.02. The number of nitrogens with one attached hydrogen (secondary N) is 1. The number of benzene rings is 2. The Morgan fingerprint density at radius 1 is 1.14 bits per heavy atom. The molecule has 1 atom stereocenters. The fourth-order valence-electron chi connectivity index (χ4n) is 2.27. The number of hydrogen-bond donors (Lipinski definition) is 1. The average Bonchev–Trinajstić information content (AvgIpc) is 2.55. The van der Waals surface area contributed by atoms with Crippen molar-refractivity contribution < 1.29 is 0 Å². The van der Waals surface area contributed by atoms with Crippen molar-refractivity contribution >= 4 is 29.3 Å². The molecule has 0 saturated carbocycles. The van der Waals surface area contributed by atoms with E-state index in [1.54, 1.807) is 12.3 Å². The van der Waals surface area contributed by atoms with Gasteiger partial charge >= 0.3 is 0 Å². The van der Waals surface area contributed by atoms with Crippen LogP contribution in [-0.4, -0.2) is 15.9 Å². The molecule has 0 saturated heterocycles. The van der Waals surface area contributed by atoms with E-state index in [1.807, 2.05) is 55.5 Å². The zero-order chi connectivity index (χ0) is 15.5. The molecule has 1 N–H and O–H groups in total. The molecule has 0 fully saturated rings. The Labute approximate surface area is 132 Å². The monoisotopic (exact) mass is 309 g/mol.